The maximum atomic E-state index is 14.3. The quantitative estimate of drug-likeness (QED) is 0.528. The van der Waals surface area contributed by atoms with Gasteiger partial charge in [0.25, 0.3) is 0 Å². The van der Waals surface area contributed by atoms with Crippen LogP contribution < -0.4 is 10.1 Å². The Balaban J connectivity index is 0.000000638. The number of rotatable bonds is 6. The number of hydrogen-bond donors (Lipinski definition) is 2. The van der Waals surface area contributed by atoms with E-state index in [2.05, 4.69) is 16.3 Å². The SMILES string of the molecule is COc1ccc(CNC(=O)N(Cc2ccc(F)cc2F)C2CCN(C)CC2)cc1C#N.O=C(O)C(F)(F)F. The summed E-state index contributed by atoms with van der Waals surface area (Å²) < 4.78 is 64.4. The van der Waals surface area contributed by atoms with Crippen LogP contribution in [0.3, 0.4) is 0 Å². The number of carbonyl (C=O) groups excluding carboxylic acids is 1. The molecule has 2 N–H and O–H groups in total. The number of methoxy groups -OCH3 is 1. The van der Waals surface area contributed by atoms with Gasteiger partial charge in [0.2, 0.25) is 0 Å². The average Bonchev–Trinajstić information content (AvgIpc) is 2.87. The molecule has 1 aliphatic heterocycles. The van der Waals surface area contributed by atoms with E-state index in [1.807, 2.05) is 7.05 Å². The van der Waals surface area contributed by atoms with Crippen LogP contribution in [-0.4, -0.2) is 66.4 Å². The minimum Gasteiger partial charge on any atom is -0.495 e. The van der Waals surface area contributed by atoms with Gasteiger partial charge in [0.1, 0.15) is 23.5 Å². The molecule has 1 saturated heterocycles. The molecular formula is C25H27F5N4O4. The average molecular weight is 543 g/mol. The molecule has 2 aromatic carbocycles. The van der Waals surface area contributed by atoms with Crippen molar-refractivity contribution in [2.45, 2.75) is 38.1 Å². The minimum atomic E-state index is -5.08. The number of benzene rings is 2. The maximum Gasteiger partial charge on any atom is 0.490 e. The second-order valence-corrected chi connectivity index (χ2v) is 8.51. The van der Waals surface area contributed by atoms with Crippen molar-refractivity contribution in [3.05, 3.63) is 64.7 Å². The highest BCUT2D eigenvalue weighted by Gasteiger charge is 2.38. The van der Waals surface area contributed by atoms with Crippen LogP contribution in [0.15, 0.2) is 36.4 Å². The van der Waals surface area contributed by atoms with Gasteiger partial charge in [-0.15, -0.1) is 0 Å². The molecule has 206 valence electrons. The zero-order valence-corrected chi connectivity index (χ0v) is 20.7. The molecule has 1 fully saturated rings. The van der Waals surface area contributed by atoms with Gasteiger partial charge in [-0.1, -0.05) is 12.1 Å². The van der Waals surface area contributed by atoms with Crippen molar-refractivity contribution in [3.63, 3.8) is 0 Å². The molecule has 0 unspecified atom stereocenters. The Morgan fingerprint density at radius 3 is 2.34 bits per heavy atom. The predicted molar refractivity (Wildman–Crippen MR) is 126 cm³/mol. The topological polar surface area (TPSA) is 106 Å². The zero-order valence-electron chi connectivity index (χ0n) is 20.7. The number of likely N-dealkylation sites (tertiary alicyclic amines) is 1. The monoisotopic (exact) mass is 542 g/mol. The molecule has 2 aromatic rings. The van der Waals surface area contributed by atoms with E-state index in [0.717, 1.165) is 37.6 Å². The number of nitrogens with zero attached hydrogens (tertiary/aromatic N) is 3. The number of carbonyl (C=O) groups is 2. The van der Waals surface area contributed by atoms with Gasteiger partial charge in [-0.2, -0.15) is 18.4 Å². The molecule has 0 bridgehead atoms. The van der Waals surface area contributed by atoms with Crippen LogP contribution in [0.4, 0.5) is 26.7 Å². The first-order valence-corrected chi connectivity index (χ1v) is 11.4. The van der Waals surface area contributed by atoms with E-state index in [1.165, 1.54) is 19.2 Å². The number of piperidine rings is 1. The van der Waals surface area contributed by atoms with Gasteiger partial charge in [-0.25, -0.2) is 18.4 Å². The molecule has 1 aliphatic rings. The second kappa shape index (κ2) is 13.6. The minimum absolute atomic E-state index is 0.0498. The third kappa shape index (κ3) is 8.88. The molecule has 0 radical (unpaired) electrons. The van der Waals surface area contributed by atoms with E-state index >= 15 is 0 Å². The summed E-state index contributed by atoms with van der Waals surface area (Å²) in [5.74, 6) is -3.60. The van der Waals surface area contributed by atoms with Crippen LogP contribution >= 0.6 is 0 Å². The fraction of sp³-hybridized carbons (Fsp3) is 0.400. The van der Waals surface area contributed by atoms with Crippen LogP contribution in [0, 0.1) is 23.0 Å². The van der Waals surface area contributed by atoms with E-state index in [0.29, 0.717) is 11.3 Å². The van der Waals surface area contributed by atoms with E-state index in [1.54, 1.807) is 23.1 Å². The summed E-state index contributed by atoms with van der Waals surface area (Å²) >= 11 is 0. The molecule has 0 spiro atoms. The number of nitriles is 1. The van der Waals surface area contributed by atoms with Gasteiger partial charge >= 0.3 is 18.2 Å². The number of halogens is 5. The molecule has 13 heteroatoms. The molecule has 8 nitrogen and oxygen atoms in total. The van der Waals surface area contributed by atoms with E-state index in [-0.39, 0.29) is 30.7 Å². The second-order valence-electron chi connectivity index (χ2n) is 8.51. The molecule has 0 aliphatic carbocycles. The number of amides is 2. The third-order valence-electron chi connectivity index (χ3n) is 5.82. The van der Waals surface area contributed by atoms with Gasteiger partial charge in [-0.05, 0) is 56.7 Å². The van der Waals surface area contributed by atoms with Gasteiger partial charge in [0.05, 0.1) is 19.2 Å². The number of aliphatic carboxylic acids is 1. The Bertz CT molecular complexity index is 1160. The van der Waals surface area contributed by atoms with Gasteiger partial charge in [0.15, 0.2) is 0 Å². The Morgan fingerprint density at radius 1 is 1.18 bits per heavy atom. The van der Waals surface area contributed by atoms with Crippen LogP contribution in [0.2, 0.25) is 0 Å². The van der Waals surface area contributed by atoms with Crippen molar-refractivity contribution in [2.24, 2.45) is 0 Å². The van der Waals surface area contributed by atoms with Crippen molar-refractivity contribution in [2.75, 3.05) is 27.2 Å². The normalized spacial score (nSPS) is 14.1. The van der Waals surface area contributed by atoms with E-state index in [9.17, 15) is 32.0 Å². The van der Waals surface area contributed by atoms with Crippen molar-refractivity contribution < 1.29 is 41.4 Å². The lowest BCUT2D eigenvalue weighted by Crippen LogP contribution is -2.49. The Kier molecular flexibility index (Phi) is 10.8. The molecule has 0 aromatic heterocycles. The molecule has 1 heterocycles. The molecule has 0 saturated carbocycles. The lowest BCUT2D eigenvalue weighted by molar-refractivity contribution is -0.192. The van der Waals surface area contributed by atoms with Crippen LogP contribution in [-0.2, 0) is 17.9 Å². The van der Waals surface area contributed by atoms with Crippen molar-refractivity contribution in [1.82, 2.24) is 15.1 Å². The van der Waals surface area contributed by atoms with Gasteiger partial charge < -0.3 is 25.0 Å². The lowest BCUT2D eigenvalue weighted by Gasteiger charge is -2.37. The Labute approximate surface area is 216 Å². The molecule has 3 rings (SSSR count). The predicted octanol–water partition coefficient (Wildman–Crippen LogP) is 4.28. The fourth-order valence-electron chi connectivity index (χ4n) is 3.74. The smallest absolute Gasteiger partial charge is 0.490 e. The summed E-state index contributed by atoms with van der Waals surface area (Å²) in [7, 11) is 3.52. The van der Waals surface area contributed by atoms with Crippen molar-refractivity contribution >= 4 is 12.0 Å². The number of ether oxygens (including phenoxy) is 1. The summed E-state index contributed by atoms with van der Waals surface area (Å²) in [6, 6.07) is 10.2. The van der Waals surface area contributed by atoms with Crippen LogP contribution in [0.1, 0.15) is 29.5 Å². The lowest BCUT2D eigenvalue weighted by atomic mass is 10.0. The number of carboxylic acids is 1. The number of urea groups is 1. The first-order valence-electron chi connectivity index (χ1n) is 11.4. The van der Waals surface area contributed by atoms with Gasteiger partial charge in [-0.3, -0.25) is 0 Å². The largest absolute Gasteiger partial charge is 0.495 e. The molecular weight excluding hydrogens is 515 g/mol. The Morgan fingerprint density at radius 2 is 1.82 bits per heavy atom. The van der Waals surface area contributed by atoms with Crippen LogP contribution in [0.25, 0.3) is 0 Å². The zero-order chi connectivity index (χ0) is 28.5. The van der Waals surface area contributed by atoms with Gasteiger partial charge in [0, 0.05) is 24.2 Å². The summed E-state index contributed by atoms with van der Waals surface area (Å²) in [5.41, 5.74) is 1.41. The molecule has 2 amide bonds. The maximum absolute atomic E-state index is 14.3. The number of hydrogen-bond acceptors (Lipinski definition) is 5. The Hall–Kier alpha value is -3.92. The number of alkyl halides is 3. The third-order valence-corrected chi connectivity index (χ3v) is 5.82. The summed E-state index contributed by atoms with van der Waals surface area (Å²) in [6.07, 6.45) is -3.54. The number of nitrogens with one attached hydrogen (secondary N) is 1. The highest BCUT2D eigenvalue weighted by molar-refractivity contribution is 5.74. The van der Waals surface area contributed by atoms with Crippen LogP contribution in [0.5, 0.6) is 5.75 Å². The standard InChI is InChI=1S/C23H26F2N4O2.C2HF3O2/c1-28-9-7-20(8-10-28)29(15-17-4-5-19(24)12-21(17)25)23(30)27-14-16-3-6-22(31-2)18(11-16)13-26;3-2(4,5)1(6)7/h3-6,11-12,20H,7-10,14-15H2,1-2H3,(H,27,30);(H,6,7). The van der Waals surface area contributed by atoms with E-state index in [4.69, 9.17) is 14.6 Å². The first-order chi connectivity index (χ1) is 17.8. The first kappa shape index (κ1) is 30.3. The summed E-state index contributed by atoms with van der Waals surface area (Å²) in [5, 5.41) is 19.2. The fourth-order valence-corrected chi connectivity index (χ4v) is 3.74. The highest BCUT2D eigenvalue weighted by Crippen LogP contribution is 2.22. The number of carboxylic acid groups (broad SMARTS) is 1. The summed E-state index contributed by atoms with van der Waals surface area (Å²) in [6.45, 7) is 1.94. The highest BCUT2D eigenvalue weighted by atomic mass is 19.4. The molecule has 0 atom stereocenters. The van der Waals surface area contributed by atoms with E-state index < -0.39 is 23.8 Å². The summed E-state index contributed by atoms with van der Waals surface area (Å²) in [4.78, 5) is 25.8. The van der Waals surface area contributed by atoms with Crippen molar-refractivity contribution in [1.29, 1.82) is 5.26 Å². The molecule has 38 heavy (non-hydrogen) atoms. The van der Waals surface area contributed by atoms with Crippen molar-refractivity contribution in [3.8, 4) is 11.8 Å².